The molecule has 2 aromatic rings. The van der Waals surface area contributed by atoms with E-state index in [0.29, 0.717) is 37.5 Å². The Bertz CT molecular complexity index is 1000. The monoisotopic (exact) mass is 439 g/mol. The molecule has 1 fully saturated rings. The van der Waals surface area contributed by atoms with Crippen LogP contribution >= 0.6 is 0 Å². The minimum atomic E-state index is -3.36. The van der Waals surface area contributed by atoms with Crippen molar-refractivity contribution in [3.63, 3.8) is 0 Å². The second-order valence-corrected chi connectivity index (χ2v) is 10.8. The highest BCUT2D eigenvalue weighted by molar-refractivity contribution is 7.92. The molecule has 10 heteroatoms. The van der Waals surface area contributed by atoms with Gasteiger partial charge in [0.25, 0.3) is 0 Å². The minimum absolute atomic E-state index is 0.00392. The number of benzene rings is 1. The van der Waals surface area contributed by atoms with Gasteiger partial charge < -0.3 is 4.74 Å². The van der Waals surface area contributed by atoms with E-state index in [1.807, 2.05) is 30.3 Å². The van der Waals surface area contributed by atoms with Gasteiger partial charge in [0.05, 0.1) is 23.4 Å². The largest absolute Gasteiger partial charge is 0.474 e. The van der Waals surface area contributed by atoms with Crippen molar-refractivity contribution < 1.29 is 21.6 Å². The van der Waals surface area contributed by atoms with Crippen LogP contribution in [0, 0.1) is 0 Å². The van der Waals surface area contributed by atoms with Crippen LogP contribution in [-0.2, 0) is 25.8 Å². The first-order valence-corrected chi connectivity index (χ1v) is 12.7. The molecule has 1 aromatic carbocycles. The summed E-state index contributed by atoms with van der Waals surface area (Å²) in [6, 6.07) is 12.3. The molecule has 0 atom stereocenters. The van der Waals surface area contributed by atoms with Gasteiger partial charge in [-0.3, -0.25) is 4.72 Å². The summed E-state index contributed by atoms with van der Waals surface area (Å²) in [6.45, 7) is 2.35. The van der Waals surface area contributed by atoms with Gasteiger partial charge in [-0.1, -0.05) is 30.3 Å². The molecule has 8 nitrogen and oxygen atoms in total. The Morgan fingerprint density at radius 1 is 1.07 bits per heavy atom. The summed E-state index contributed by atoms with van der Waals surface area (Å²) in [6.07, 6.45) is 2.41. The van der Waals surface area contributed by atoms with E-state index >= 15 is 0 Å². The molecule has 3 rings (SSSR count). The van der Waals surface area contributed by atoms with Crippen molar-refractivity contribution in [3.8, 4) is 5.88 Å². The molecular formula is C19H25N3O5S2. The molecule has 0 amide bonds. The zero-order valence-corrected chi connectivity index (χ0v) is 17.8. The number of aromatic nitrogens is 1. The van der Waals surface area contributed by atoms with Crippen LogP contribution in [-0.4, -0.2) is 51.1 Å². The summed E-state index contributed by atoms with van der Waals surface area (Å²) in [5, 5.41) is 0. The molecule has 2 heterocycles. The average molecular weight is 440 g/mol. The van der Waals surface area contributed by atoms with Crippen molar-refractivity contribution in [2.24, 2.45) is 0 Å². The number of nitrogens with zero attached hydrogens (tertiary/aromatic N) is 2. The number of piperidine rings is 1. The lowest BCUT2D eigenvalue weighted by Gasteiger charge is -2.31. The van der Waals surface area contributed by atoms with E-state index in [0.717, 1.165) is 5.56 Å². The van der Waals surface area contributed by atoms with Crippen molar-refractivity contribution in [1.29, 1.82) is 0 Å². The first kappa shape index (κ1) is 21.5. The Labute approximate surface area is 172 Å². The van der Waals surface area contributed by atoms with Crippen molar-refractivity contribution in [2.45, 2.75) is 31.6 Å². The molecule has 0 spiro atoms. The SMILES string of the molecule is CCS(=O)(=O)Nc1ccc(OC2CCN(S(=O)(=O)Cc3ccccc3)CC2)nc1. The van der Waals surface area contributed by atoms with Crippen LogP contribution in [0.3, 0.4) is 0 Å². The molecule has 0 saturated carbocycles. The molecule has 1 N–H and O–H groups in total. The van der Waals surface area contributed by atoms with Crippen molar-refractivity contribution >= 4 is 25.7 Å². The van der Waals surface area contributed by atoms with Gasteiger partial charge in [0.2, 0.25) is 25.9 Å². The number of hydrogen-bond acceptors (Lipinski definition) is 6. The van der Waals surface area contributed by atoms with Crippen LogP contribution in [0.4, 0.5) is 5.69 Å². The van der Waals surface area contributed by atoms with Crippen molar-refractivity contribution in [1.82, 2.24) is 9.29 Å². The molecule has 29 heavy (non-hydrogen) atoms. The number of sulfonamides is 2. The topological polar surface area (TPSA) is 106 Å². The standard InChI is InChI=1S/C19H25N3O5S2/c1-2-28(23,24)21-17-8-9-19(20-14-17)27-18-10-12-22(13-11-18)29(25,26)15-16-6-4-3-5-7-16/h3-9,14,18,21H,2,10-13,15H2,1H3. The second-order valence-electron chi connectivity index (χ2n) is 6.85. The average Bonchev–Trinajstić information content (AvgIpc) is 2.70. The van der Waals surface area contributed by atoms with E-state index in [4.69, 9.17) is 4.74 Å². The summed E-state index contributed by atoms with van der Waals surface area (Å²) in [7, 11) is -6.71. The van der Waals surface area contributed by atoms with Gasteiger partial charge in [0.1, 0.15) is 6.10 Å². The van der Waals surface area contributed by atoms with Crippen LogP contribution in [0.15, 0.2) is 48.7 Å². The molecular weight excluding hydrogens is 414 g/mol. The third-order valence-electron chi connectivity index (χ3n) is 4.66. The van der Waals surface area contributed by atoms with Gasteiger partial charge in [-0.25, -0.2) is 26.1 Å². The fourth-order valence-corrected chi connectivity index (χ4v) is 5.22. The lowest BCUT2D eigenvalue weighted by Crippen LogP contribution is -2.42. The molecule has 1 aliphatic rings. The zero-order chi connectivity index (χ0) is 20.9. The van der Waals surface area contributed by atoms with Crippen LogP contribution < -0.4 is 9.46 Å². The fraction of sp³-hybridized carbons (Fsp3) is 0.421. The van der Waals surface area contributed by atoms with Gasteiger partial charge in [-0.2, -0.15) is 0 Å². The number of rotatable bonds is 8. The maximum atomic E-state index is 12.6. The molecule has 0 unspecified atom stereocenters. The molecule has 0 bridgehead atoms. The number of ether oxygens (including phenoxy) is 1. The third kappa shape index (κ3) is 6.15. The van der Waals surface area contributed by atoms with Gasteiger partial charge in [-0.05, 0) is 31.4 Å². The third-order valence-corrected chi connectivity index (χ3v) is 7.82. The second kappa shape index (κ2) is 9.10. The Balaban J connectivity index is 1.52. The molecule has 0 aliphatic carbocycles. The van der Waals surface area contributed by atoms with Gasteiger partial charge in [0, 0.05) is 19.2 Å². The summed E-state index contributed by atoms with van der Waals surface area (Å²) < 4.78 is 58.1. The highest BCUT2D eigenvalue weighted by atomic mass is 32.2. The molecule has 1 aliphatic heterocycles. The van der Waals surface area contributed by atoms with Crippen LogP contribution in [0.1, 0.15) is 25.3 Å². The van der Waals surface area contributed by atoms with Gasteiger partial charge >= 0.3 is 0 Å². The van der Waals surface area contributed by atoms with Crippen molar-refractivity contribution in [3.05, 3.63) is 54.2 Å². The highest BCUT2D eigenvalue weighted by Gasteiger charge is 2.29. The number of nitrogens with one attached hydrogen (secondary N) is 1. The maximum absolute atomic E-state index is 12.6. The minimum Gasteiger partial charge on any atom is -0.474 e. The Morgan fingerprint density at radius 2 is 1.76 bits per heavy atom. The predicted octanol–water partition coefficient (Wildman–Crippen LogP) is 2.22. The first-order valence-electron chi connectivity index (χ1n) is 9.42. The highest BCUT2D eigenvalue weighted by Crippen LogP contribution is 2.22. The normalized spacial score (nSPS) is 16.4. The Kier molecular flexibility index (Phi) is 6.76. The summed E-state index contributed by atoms with van der Waals surface area (Å²) in [5.74, 6) is 0.364. The smallest absolute Gasteiger partial charge is 0.232 e. The Morgan fingerprint density at radius 3 is 2.34 bits per heavy atom. The van der Waals surface area contributed by atoms with E-state index in [1.165, 1.54) is 10.5 Å². The van der Waals surface area contributed by atoms with Gasteiger partial charge in [-0.15, -0.1) is 0 Å². The quantitative estimate of drug-likeness (QED) is 0.676. The van der Waals surface area contributed by atoms with E-state index < -0.39 is 20.0 Å². The van der Waals surface area contributed by atoms with E-state index in [1.54, 1.807) is 19.1 Å². The number of anilines is 1. The molecule has 1 saturated heterocycles. The van der Waals surface area contributed by atoms with E-state index in [9.17, 15) is 16.8 Å². The molecule has 1 aromatic heterocycles. The van der Waals surface area contributed by atoms with Crippen molar-refractivity contribution in [2.75, 3.05) is 23.6 Å². The maximum Gasteiger partial charge on any atom is 0.232 e. The predicted molar refractivity (Wildman–Crippen MR) is 112 cm³/mol. The number of hydrogen-bond donors (Lipinski definition) is 1. The van der Waals surface area contributed by atoms with E-state index in [2.05, 4.69) is 9.71 Å². The van der Waals surface area contributed by atoms with Crippen LogP contribution in [0.25, 0.3) is 0 Å². The van der Waals surface area contributed by atoms with E-state index in [-0.39, 0.29) is 17.6 Å². The lowest BCUT2D eigenvalue weighted by atomic mass is 10.1. The first-order chi connectivity index (χ1) is 13.8. The van der Waals surface area contributed by atoms with Crippen LogP contribution in [0.5, 0.6) is 5.88 Å². The molecule has 0 radical (unpaired) electrons. The van der Waals surface area contributed by atoms with Gasteiger partial charge in [0.15, 0.2) is 0 Å². The Hall–Kier alpha value is -2.17. The summed E-state index contributed by atoms with van der Waals surface area (Å²) in [4.78, 5) is 4.13. The lowest BCUT2D eigenvalue weighted by molar-refractivity contribution is 0.130. The van der Waals surface area contributed by atoms with Crippen LogP contribution in [0.2, 0.25) is 0 Å². The summed E-state index contributed by atoms with van der Waals surface area (Å²) in [5.41, 5.74) is 1.15. The summed E-state index contributed by atoms with van der Waals surface area (Å²) >= 11 is 0. The fourth-order valence-electron chi connectivity index (χ4n) is 3.04. The number of pyridine rings is 1. The zero-order valence-electron chi connectivity index (χ0n) is 16.2. The molecule has 158 valence electrons.